The minimum absolute atomic E-state index is 0.0277. The Morgan fingerprint density at radius 1 is 1.16 bits per heavy atom. The zero-order valence-electron chi connectivity index (χ0n) is 17.5. The predicted octanol–water partition coefficient (Wildman–Crippen LogP) is 2.85. The Morgan fingerprint density at radius 2 is 1.97 bits per heavy atom. The predicted molar refractivity (Wildman–Crippen MR) is 110 cm³/mol. The summed E-state index contributed by atoms with van der Waals surface area (Å²) in [5.74, 6) is -0.681. The smallest absolute Gasteiger partial charge is 0.257 e. The van der Waals surface area contributed by atoms with E-state index in [4.69, 9.17) is 4.74 Å². The summed E-state index contributed by atoms with van der Waals surface area (Å²) in [4.78, 5) is 26.1. The minimum atomic E-state index is -0.929. The molecule has 1 amide bonds. The van der Waals surface area contributed by atoms with Crippen molar-refractivity contribution < 1.29 is 18.3 Å². The zero-order chi connectivity index (χ0) is 22.0. The topological polar surface area (TPSA) is 75.9 Å². The van der Waals surface area contributed by atoms with Gasteiger partial charge in [-0.05, 0) is 37.5 Å². The monoisotopic (exact) mass is 440 g/mol. The number of nitrogens with zero attached hydrogens (tertiary/aromatic N) is 6. The van der Waals surface area contributed by atoms with Crippen LogP contribution in [0.15, 0.2) is 36.8 Å². The molecule has 1 spiro atoms. The lowest BCUT2D eigenvalue weighted by atomic mass is 9.85. The van der Waals surface area contributed by atoms with Gasteiger partial charge in [-0.15, -0.1) is 0 Å². The van der Waals surface area contributed by atoms with Crippen LogP contribution in [-0.4, -0.2) is 54.8 Å². The van der Waals surface area contributed by atoms with Gasteiger partial charge in [0.25, 0.3) is 5.91 Å². The highest BCUT2D eigenvalue weighted by Crippen LogP contribution is 2.48. The molecular formula is C22H22F2N6O2. The Kier molecular flexibility index (Phi) is 4.23. The second-order valence-corrected chi connectivity index (χ2v) is 8.85. The number of benzene rings is 1. The number of anilines is 1. The van der Waals surface area contributed by atoms with E-state index < -0.39 is 17.2 Å². The number of fused-ring (bicyclic) bond motifs is 2. The van der Waals surface area contributed by atoms with Crippen molar-refractivity contribution >= 4 is 17.5 Å². The second-order valence-electron chi connectivity index (χ2n) is 8.85. The molecule has 0 radical (unpaired) electrons. The highest BCUT2D eigenvalue weighted by Gasteiger charge is 2.59. The molecule has 6 rings (SSSR count). The number of piperidine rings is 1. The number of rotatable bonds is 2. The van der Waals surface area contributed by atoms with Gasteiger partial charge in [0.15, 0.2) is 11.2 Å². The Labute approximate surface area is 182 Å². The molecule has 3 aromatic rings. The minimum Gasteiger partial charge on any atom is -0.342 e. The average molecular weight is 440 g/mol. The first kappa shape index (κ1) is 19.5. The van der Waals surface area contributed by atoms with Gasteiger partial charge in [0, 0.05) is 37.6 Å². The quantitative estimate of drug-likeness (QED) is 0.610. The Bertz CT molecular complexity index is 1200. The van der Waals surface area contributed by atoms with Gasteiger partial charge < -0.3 is 14.5 Å². The summed E-state index contributed by atoms with van der Waals surface area (Å²) in [6.07, 6.45) is 5.09. The van der Waals surface area contributed by atoms with E-state index in [1.54, 1.807) is 15.6 Å². The van der Waals surface area contributed by atoms with Crippen molar-refractivity contribution in [2.75, 3.05) is 11.4 Å². The highest BCUT2D eigenvalue weighted by atomic mass is 19.1. The molecule has 166 valence electrons. The van der Waals surface area contributed by atoms with Crippen LogP contribution in [0.2, 0.25) is 0 Å². The largest absolute Gasteiger partial charge is 0.342 e. The molecule has 0 bridgehead atoms. The SMILES string of the molecule is CC1CC2(CCN1c1ncnc3ccnn13)O[C@@H]1CC[C@@H](c3cc(F)cc(F)c3)N1C2=O. The van der Waals surface area contributed by atoms with Crippen LogP contribution in [0, 0.1) is 11.6 Å². The van der Waals surface area contributed by atoms with E-state index >= 15 is 0 Å². The molecule has 32 heavy (non-hydrogen) atoms. The van der Waals surface area contributed by atoms with Gasteiger partial charge in [0.2, 0.25) is 5.95 Å². The first-order valence-corrected chi connectivity index (χ1v) is 10.8. The number of ether oxygens (including phenoxy) is 1. The summed E-state index contributed by atoms with van der Waals surface area (Å²) in [6.45, 7) is 2.61. The molecule has 2 unspecified atom stereocenters. The highest BCUT2D eigenvalue weighted by molar-refractivity contribution is 5.88. The summed E-state index contributed by atoms with van der Waals surface area (Å²) < 4.78 is 35.7. The second kappa shape index (κ2) is 6.93. The number of aromatic nitrogens is 4. The van der Waals surface area contributed by atoms with Crippen LogP contribution in [0.5, 0.6) is 0 Å². The molecule has 2 aromatic heterocycles. The van der Waals surface area contributed by atoms with Gasteiger partial charge in [-0.2, -0.15) is 9.61 Å². The van der Waals surface area contributed by atoms with Crippen molar-refractivity contribution in [3.63, 3.8) is 0 Å². The van der Waals surface area contributed by atoms with Crippen LogP contribution in [-0.2, 0) is 9.53 Å². The van der Waals surface area contributed by atoms with Crippen LogP contribution >= 0.6 is 0 Å². The Hall–Kier alpha value is -3.14. The summed E-state index contributed by atoms with van der Waals surface area (Å²) in [5.41, 5.74) is 0.259. The fourth-order valence-electron chi connectivity index (χ4n) is 5.56. The van der Waals surface area contributed by atoms with E-state index in [-0.39, 0.29) is 24.2 Å². The van der Waals surface area contributed by atoms with E-state index in [0.717, 1.165) is 6.07 Å². The summed E-state index contributed by atoms with van der Waals surface area (Å²) in [6, 6.07) is 4.88. The zero-order valence-corrected chi connectivity index (χ0v) is 17.5. The number of amides is 1. The normalized spacial score (nSPS) is 30.0. The van der Waals surface area contributed by atoms with Crippen molar-refractivity contribution in [3.05, 3.63) is 54.0 Å². The van der Waals surface area contributed by atoms with Gasteiger partial charge >= 0.3 is 0 Å². The van der Waals surface area contributed by atoms with E-state index in [9.17, 15) is 13.6 Å². The van der Waals surface area contributed by atoms with E-state index in [1.807, 2.05) is 13.0 Å². The lowest BCUT2D eigenvalue weighted by molar-refractivity contribution is -0.141. The standard InChI is InChI=1S/C22H22F2N6O2/c1-13-11-22(5-7-28(13)21-26-12-25-18-4-6-27-30(18)21)20(31)29-17(2-3-19(29)32-22)14-8-15(23)10-16(24)9-14/h4,6,8-10,12-13,17,19H,2-3,5,7,11H2,1H3/t13?,17-,19+,22?/m0/s1. The van der Waals surface area contributed by atoms with Crippen molar-refractivity contribution in [3.8, 4) is 0 Å². The molecule has 0 saturated carbocycles. The lowest BCUT2D eigenvalue weighted by Gasteiger charge is -2.42. The number of carbonyl (C=O) groups excluding carboxylic acids is 1. The van der Waals surface area contributed by atoms with Crippen molar-refractivity contribution in [2.24, 2.45) is 0 Å². The van der Waals surface area contributed by atoms with Crippen LogP contribution < -0.4 is 4.90 Å². The maximum Gasteiger partial charge on any atom is 0.257 e. The maximum absolute atomic E-state index is 13.8. The average Bonchev–Trinajstić information content (AvgIpc) is 3.44. The molecule has 4 atom stereocenters. The number of hydrogen-bond acceptors (Lipinski definition) is 6. The van der Waals surface area contributed by atoms with E-state index in [0.29, 0.717) is 49.4 Å². The Balaban J connectivity index is 1.27. The van der Waals surface area contributed by atoms with E-state index in [1.165, 1.54) is 18.5 Å². The first-order valence-electron chi connectivity index (χ1n) is 10.8. The maximum atomic E-state index is 13.8. The van der Waals surface area contributed by atoms with Crippen molar-refractivity contribution in [2.45, 2.75) is 56.5 Å². The number of hydrogen-bond donors (Lipinski definition) is 0. The molecule has 1 aromatic carbocycles. The molecule has 5 heterocycles. The first-order chi connectivity index (χ1) is 15.4. The third-order valence-electron chi connectivity index (χ3n) is 6.93. The van der Waals surface area contributed by atoms with Crippen LogP contribution in [0.3, 0.4) is 0 Å². The molecule has 3 aliphatic rings. The van der Waals surface area contributed by atoms with Crippen LogP contribution in [0.25, 0.3) is 5.65 Å². The molecule has 10 heteroatoms. The molecule has 3 aliphatic heterocycles. The fourth-order valence-corrected chi connectivity index (χ4v) is 5.56. The third kappa shape index (κ3) is 2.82. The molecule has 0 aliphatic carbocycles. The molecule has 3 fully saturated rings. The number of halogens is 2. The van der Waals surface area contributed by atoms with Gasteiger partial charge in [0.05, 0.1) is 12.2 Å². The van der Waals surface area contributed by atoms with Gasteiger partial charge in [-0.3, -0.25) is 4.79 Å². The summed E-state index contributed by atoms with van der Waals surface area (Å²) >= 11 is 0. The lowest BCUT2D eigenvalue weighted by Crippen LogP contribution is -2.54. The van der Waals surface area contributed by atoms with Gasteiger partial charge in [-0.25, -0.2) is 18.7 Å². The molecule has 8 nitrogen and oxygen atoms in total. The van der Waals surface area contributed by atoms with Crippen LogP contribution in [0.4, 0.5) is 14.7 Å². The van der Waals surface area contributed by atoms with Crippen molar-refractivity contribution in [1.29, 1.82) is 0 Å². The molecular weight excluding hydrogens is 418 g/mol. The number of carbonyl (C=O) groups is 1. The van der Waals surface area contributed by atoms with Crippen molar-refractivity contribution in [1.82, 2.24) is 24.5 Å². The van der Waals surface area contributed by atoms with Gasteiger partial charge in [-0.1, -0.05) is 0 Å². The fraction of sp³-hybridized carbons (Fsp3) is 0.455. The van der Waals surface area contributed by atoms with Crippen LogP contribution in [0.1, 0.15) is 44.2 Å². The summed E-state index contributed by atoms with van der Waals surface area (Å²) in [5, 5.41) is 4.32. The van der Waals surface area contributed by atoms with E-state index in [2.05, 4.69) is 20.0 Å². The Morgan fingerprint density at radius 3 is 2.75 bits per heavy atom. The van der Waals surface area contributed by atoms with Gasteiger partial charge in [0.1, 0.15) is 24.2 Å². The molecule has 3 saturated heterocycles. The third-order valence-corrected chi connectivity index (χ3v) is 6.93. The molecule has 0 N–H and O–H groups in total. The summed E-state index contributed by atoms with van der Waals surface area (Å²) in [7, 11) is 0.